The number of nitrogens with one attached hydrogen (secondary N) is 1. The van der Waals surface area contributed by atoms with Gasteiger partial charge < -0.3 is 4.98 Å². The molecule has 0 fully saturated rings. The predicted octanol–water partition coefficient (Wildman–Crippen LogP) is 4.70. The summed E-state index contributed by atoms with van der Waals surface area (Å²) in [6.45, 7) is 1.98. The average Bonchev–Trinajstić information content (AvgIpc) is 2.65. The van der Waals surface area contributed by atoms with Crippen LogP contribution in [0.25, 0.3) is 16.9 Å². The number of benzene rings is 1. The van der Waals surface area contributed by atoms with Crippen LogP contribution in [0.2, 0.25) is 10.0 Å². The van der Waals surface area contributed by atoms with Crippen LogP contribution >= 0.6 is 35.4 Å². The highest BCUT2D eigenvalue weighted by molar-refractivity contribution is 7.71. The number of pyridine rings is 1. The molecule has 2 aromatic heterocycles. The van der Waals surface area contributed by atoms with Crippen LogP contribution in [0.3, 0.4) is 0 Å². The lowest BCUT2D eigenvalue weighted by Gasteiger charge is -2.09. The maximum Gasteiger partial charge on any atom is 0.184 e. The zero-order chi connectivity index (χ0) is 13.6. The summed E-state index contributed by atoms with van der Waals surface area (Å²) in [5.41, 5.74) is 3.37. The first-order valence-corrected chi connectivity index (χ1v) is 6.76. The summed E-state index contributed by atoms with van der Waals surface area (Å²) in [5.74, 6) is 0. The molecule has 0 radical (unpaired) electrons. The van der Waals surface area contributed by atoms with Crippen LogP contribution < -0.4 is 0 Å². The number of fused-ring (bicyclic) bond motifs is 1. The summed E-state index contributed by atoms with van der Waals surface area (Å²) in [4.78, 5) is 7.43. The molecule has 19 heavy (non-hydrogen) atoms. The molecule has 0 unspecified atom stereocenters. The van der Waals surface area contributed by atoms with E-state index in [0.717, 1.165) is 16.8 Å². The minimum Gasteiger partial charge on any atom is -0.329 e. The van der Waals surface area contributed by atoms with Crippen molar-refractivity contribution in [2.24, 2.45) is 0 Å². The number of hydrogen-bond donors (Lipinski definition) is 1. The second-order valence-corrected chi connectivity index (χ2v) is 5.43. The van der Waals surface area contributed by atoms with Crippen LogP contribution in [-0.2, 0) is 0 Å². The molecule has 3 rings (SSSR count). The van der Waals surface area contributed by atoms with Gasteiger partial charge in [-0.25, -0.2) is 4.98 Å². The van der Waals surface area contributed by atoms with Crippen molar-refractivity contribution in [3.63, 3.8) is 0 Å². The molecule has 3 aromatic rings. The fourth-order valence-electron chi connectivity index (χ4n) is 2.08. The van der Waals surface area contributed by atoms with Crippen LogP contribution in [0, 0.1) is 11.7 Å². The summed E-state index contributed by atoms with van der Waals surface area (Å²) < 4.78 is 2.37. The first-order valence-electron chi connectivity index (χ1n) is 5.59. The average molecular weight is 310 g/mol. The molecule has 0 spiro atoms. The van der Waals surface area contributed by atoms with Crippen molar-refractivity contribution in [2.75, 3.05) is 0 Å². The van der Waals surface area contributed by atoms with Crippen LogP contribution in [0.15, 0.2) is 30.5 Å². The Bertz CT molecular complexity index is 815. The van der Waals surface area contributed by atoms with Crippen molar-refractivity contribution in [3.05, 3.63) is 50.8 Å². The number of H-pyrrole nitrogens is 1. The third-order valence-corrected chi connectivity index (χ3v) is 3.70. The molecule has 0 aliphatic rings. The first kappa shape index (κ1) is 12.7. The standard InChI is InChI=1S/C13H9Cl2N3S/c1-7-3-2-4-9(15)11(7)18-12-10(17-13(18)19)5-8(14)6-16-12/h2-6H,1H3,(H,17,19). The second kappa shape index (κ2) is 4.63. The van der Waals surface area contributed by atoms with Crippen LogP contribution in [0.1, 0.15) is 5.56 Å². The van der Waals surface area contributed by atoms with E-state index in [-0.39, 0.29) is 0 Å². The first-order chi connectivity index (χ1) is 9.08. The molecule has 0 amide bonds. The Kier molecular flexibility index (Phi) is 3.09. The number of para-hydroxylation sites is 1. The molecule has 0 aliphatic heterocycles. The van der Waals surface area contributed by atoms with Gasteiger partial charge in [-0.05, 0) is 36.8 Å². The largest absolute Gasteiger partial charge is 0.329 e. The van der Waals surface area contributed by atoms with Gasteiger partial charge in [0.25, 0.3) is 0 Å². The fraction of sp³-hybridized carbons (Fsp3) is 0.0769. The highest BCUT2D eigenvalue weighted by Crippen LogP contribution is 2.28. The Morgan fingerprint density at radius 2 is 2.11 bits per heavy atom. The molecule has 1 N–H and O–H groups in total. The lowest BCUT2D eigenvalue weighted by Crippen LogP contribution is -1.99. The third-order valence-electron chi connectivity index (χ3n) is 2.90. The van der Waals surface area contributed by atoms with E-state index in [1.54, 1.807) is 12.3 Å². The molecule has 96 valence electrons. The van der Waals surface area contributed by atoms with Gasteiger partial charge in [0.2, 0.25) is 0 Å². The molecular weight excluding hydrogens is 301 g/mol. The van der Waals surface area contributed by atoms with E-state index >= 15 is 0 Å². The fourth-order valence-corrected chi connectivity index (χ4v) is 2.84. The number of rotatable bonds is 1. The van der Waals surface area contributed by atoms with E-state index in [9.17, 15) is 0 Å². The molecule has 0 atom stereocenters. The van der Waals surface area contributed by atoms with Crippen molar-refractivity contribution >= 4 is 46.6 Å². The van der Waals surface area contributed by atoms with Gasteiger partial charge in [-0.3, -0.25) is 4.57 Å². The molecule has 0 aliphatic carbocycles. The summed E-state index contributed by atoms with van der Waals surface area (Å²) in [7, 11) is 0. The SMILES string of the molecule is Cc1cccc(Cl)c1-n1c(=S)[nH]c2cc(Cl)cnc21. The molecule has 0 bridgehead atoms. The lowest BCUT2D eigenvalue weighted by atomic mass is 10.2. The number of imidazole rings is 1. The predicted molar refractivity (Wildman–Crippen MR) is 81.0 cm³/mol. The second-order valence-electron chi connectivity index (χ2n) is 4.20. The van der Waals surface area contributed by atoms with Crippen LogP contribution in [0.5, 0.6) is 0 Å². The van der Waals surface area contributed by atoms with Crippen LogP contribution in [-0.4, -0.2) is 14.5 Å². The number of aromatic amines is 1. The normalized spacial score (nSPS) is 11.1. The van der Waals surface area contributed by atoms with Crippen molar-refractivity contribution in [2.45, 2.75) is 6.92 Å². The molecule has 2 heterocycles. The van der Waals surface area contributed by atoms with E-state index in [4.69, 9.17) is 35.4 Å². The summed E-state index contributed by atoms with van der Waals surface area (Å²) in [6.07, 6.45) is 1.59. The number of hydrogen-bond acceptors (Lipinski definition) is 2. The summed E-state index contributed by atoms with van der Waals surface area (Å²) >= 11 is 17.6. The van der Waals surface area contributed by atoms with Crippen molar-refractivity contribution in [1.82, 2.24) is 14.5 Å². The number of aryl methyl sites for hydroxylation is 1. The Morgan fingerprint density at radius 1 is 1.32 bits per heavy atom. The van der Waals surface area contributed by atoms with Gasteiger partial charge in [0.1, 0.15) is 0 Å². The summed E-state index contributed by atoms with van der Waals surface area (Å²) in [6, 6.07) is 7.52. The van der Waals surface area contributed by atoms with E-state index in [2.05, 4.69) is 9.97 Å². The van der Waals surface area contributed by atoms with E-state index in [1.165, 1.54) is 0 Å². The zero-order valence-electron chi connectivity index (χ0n) is 9.95. The molecule has 1 aromatic carbocycles. The molecular formula is C13H9Cl2N3S. The molecule has 3 nitrogen and oxygen atoms in total. The maximum absolute atomic E-state index is 6.29. The highest BCUT2D eigenvalue weighted by atomic mass is 35.5. The van der Waals surface area contributed by atoms with E-state index in [0.29, 0.717) is 20.5 Å². The molecule has 6 heteroatoms. The van der Waals surface area contributed by atoms with Crippen molar-refractivity contribution < 1.29 is 0 Å². The van der Waals surface area contributed by atoms with Gasteiger partial charge in [0, 0.05) is 6.20 Å². The Balaban J connectivity index is 2.43. The Morgan fingerprint density at radius 3 is 2.84 bits per heavy atom. The van der Waals surface area contributed by atoms with E-state index < -0.39 is 0 Å². The lowest BCUT2D eigenvalue weighted by molar-refractivity contribution is 1.03. The van der Waals surface area contributed by atoms with E-state index in [1.807, 2.05) is 29.7 Å². The van der Waals surface area contributed by atoms with Gasteiger partial charge >= 0.3 is 0 Å². The van der Waals surface area contributed by atoms with Gasteiger partial charge in [0.15, 0.2) is 10.4 Å². The number of nitrogens with zero attached hydrogens (tertiary/aromatic N) is 2. The smallest absolute Gasteiger partial charge is 0.184 e. The number of aromatic nitrogens is 3. The molecule has 0 saturated heterocycles. The van der Waals surface area contributed by atoms with Gasteiger partial charge in [0.05, 0.1) is 21.2 Å². The maximum atomic E-state index is 6.29. The Hall–Kier alpha value is -1.36. The van der Waals surface area contributed by atoms with Crippen molar-refractivity contribution in [3.8, 4) is 5.69 Å². The highest BCUT2D eigenvalue weighted by Gasteiger charge is 2.13. The van der Waals surface area contributed by atoms with Crippen LogP contribution in [0.4, 0.5) is 0 Å². The van der Waals surface area contributed by atoms with Crippen molar-refractivity contribution in [1.29, 1.82) is 0 Å². The number of halogens is 2. The Labute approximate surface area is 124 Å². The third kappa shape index (κ3) is 2.06. The minimum atomic E-state index is 0.543. The van der Waals surface area contributed by atoms with Gasteiger partial charge in [-0.1, -0.05) is 35.3 Å². The summed E-state index contributed by atoms with van der Waals surface area (Å²) in [5, 5.41) is 1.19. The van der Waals surface area contributed by atoms with Gasteiger partial charge in [-0.15, -0.1) is 0 Å². The quantitative estimate of drug-likeness (QED) is 0.661. The topological polar surface area (TPSA) is 33.6 Å². The molecule has 0 saturated carbocycles. The zero-order valence-corrected chi connectivity index (χ0v) is 12.3. The monoisotopic (exact) mass is 309 g/mol. The van der Waals surface area contributed by atoms with Gasteiger partial charge in [-0.2, -0.15) is 0 Å². The minimum absolute atomic E-state index is 0.543.